The fourth-order valence-electron chi connectivity index (χ4n) is 3.53. The molecule has 3 aromatic heterocycles. The van der Waals surface area contributed by atoms with Crippen LogP contribution in [0.2, 0.25) is 0 Å². The maximum atomic E-state index is 12.5. The van der Waals surface area contributed by atoms with E-state index in [1.807, 2.05) is 24.4 Å². The van der Waals surface area contributed by atoms with Crippen molar-refractivity contribution >= 4 is 11.7 Å². The summed E-state index contributed by atoms with van der Waals surface area (Å²) in [5.41, 5.74) is 3.58. The Kier molecular flexibility index (Phi) is 5.34. The van der Waals surface area contributed by atoms with E-state index in [-0.39, 0.29) is 11.9 Å². The number of aromatic nitrogens is 4. The van der Waals surface area contributed by atoms with Gasteiger partial charge in [-0.3, -0.25) is 19.7 Å². The summed E-state index contributed by atoms with van der Waals surface area (Å²) in [4.78, 5) is 32.1. The van der Waals surface area contributed by atoms with E-state index in [9.17, 15) is 4.79 Å². The van der Waals surface area contributed by atoms with Crippen molar-refractivity contribution in [2.75, 3.05) is 11.9 Å². The minimum absolute atomic E-state index is 0.186. The third-order valence-corrected chi connectivity index (χ3v) is 4.98. The molecule has 1 atom stereocenters. The second-order valence-corrected chi connectivity index (χ2v) is 6.89. The standard InChI is InChI=1S/C21H22N6O/c1-15-5-3-9-23-18(15)14-27-12-4-8-19(27)16-6-2-7-17(25-16)21(28)26-20-13-22-10-11-24-20/h2-3,5-7,9-11,13,19H,4,8,12,14H2,1H3,(H,24,26,28)/t19-/m1/s1. The molecule has 1 fully saturated rings. The summed E-state index contributed by atoms with van der Waals surface area (Å²) in [6.45, 7) is 3.87. The number of carbonyl (C=O) groups is 1. The van der Waals surface area contributed by atoms with E-state index in [1.54, 1.807) is 12.3 Å². The summed E-state index contributed by atoms with van der Waals surface area (Å²) in [6.07, 6.45) is 8.57. The van der Waals surface area contributed by atoms with Crippen LogP contribution in [0.4, 0.5) is 5.82 Å². The van der Waals surface area contributed by atoms with Gasteiger partial charge in [-0.15, -0.1) is 0 Å². The molecular formula is C21H22N6O. The van der Waals surface area contributed by atoms with Crippen LogP contribution in [0.5, 0.6) is 0 Å². The minimum Gasteiger partial charge on any atom is -0.304 e. The molecule has 0 unspecified atom stereocenters. The molecule has 1 saturated heterocycles. The summed E-state index contributed by atoms with van der Waals surface area (Å²) < 4.78 is 0. The van der Waals surface area contributed by atoms with Crippen molar-refractivity contribution in [3.05, 3.63) is 77.8 Å². The molecule has 0 spiro atoms. The highest BCUT2D eigenvalue weighted by molar-refractivity contribution is 6.02. The van der Waals surface area contributed by atoms with Gasteiger partial charge >= 0.3 is 0 Å². The number of amides is 1. The Morgan fingerprint density at radius 2 is 2.11 bits per heavy atom. The van der Waals surface area contributed by atoms with Crippen LogP contribution < -0.4 is 5.32 Å². The molecule has 7 nitrogen and oxygen atoms in total. The summed E-state index contributed by atoms with van der Waals surface area (Å²) in [5, 5.41) is 2.74. The second-order valence-electron chi connectivity index (χ2n) is 6.89. The summed E-state index contributed by atoms with van der Waals surface area (Å²) in [5.74, 6) is 0.125. The first kappa shape index (κ1) is 18.2. The van der Waals surface area contributed by atoms with E-state index in [4.69, 9.17) is 0 Å². The van der Waals surface area contributed by atoms with Gasteiger partial charge in [0.1, 0.15) is 5.69 Å². The number of pyridine rings is 2. The van der Waals surface area contributed by atoms with Gasteiger partial charge in [0.25, 0.3) is 5.91 Å². The van der Waals surface area contributed by atoms with Crippen molar-refractivity contribution in [3.63, 3.8) is 0 Å². The van der Waals surface area contributed by atoms with Gasteiger partial charge in [-0.05, 0) is 50.1 Å². The number of hydrogen-bond donors (Lipinski definition) is 1. The average molecular weight is 374 g/mol. The van der Waals surface area contributed by atoms with E-state index in [2.05, 4.69) is 43.1 Å². The first-order chi connectivity index (χ1) is 13.7. The largest absolute Gasteiger partial charge is 0.304 e. The van der Waals surface area contributed by atoms with Crippen LogP contribution in [0.15, 0.2) is 55.1 Å². The monoisotopic (exact) mass is 374 g/mol. The Bertz CT molecular complexity index is 962. The molecule has 1 aliphatic heterocycles. The van der Waals surface area contributed by atoms with Gasteiger partial charge in [-0.2, -0.15) is 0 Å². The maximum absolute atomic E-state index is 12.5. The van der Waals surface area contributed by atoms with Crippen LogP contribution in [-0.4, -0.2) is 37.3 Å². The number of nitrogens with zero attached hydrogens (tertiary/aromatic N) is 5. The summed E-state index contributed by atoms with van der Waals surface area (Å²) in [7, 11) is 0. The van der Waals surface area contributed by atoms with Gasteiger partial charge < -0.3 is 5.32 Å². The Morgan fingerprint density at radius 1 is 1.18 bits per heavy atom. The van der Waals surface area contributed by atoms with Crippen molar-refractivity contribution in [2.24, 2.45) is 0 Å². The quantitative estimate of drug-likeness (QED) is 0.738. The first-order valence-electron chi connectivity index (χ1n) is 9.39. The van der Waals surface area contributed by atoms with Gasteiger partial charge in [-0.1, -0.05) is 12.1 Å². The number of nitrogens with one attached hydrogen (secondary N) is 1. The highest BCUT2D eigenvalue weighted by atomic mass is 16.1. The molecule has 142 valence electrons. The highest BCUT2D eigenvalue weighted by Crippen LogP contribution is 2.32. The van der Waals surface area contributed by atoms with Crippen LogP contribution in [0.3, 0.4) is 0 Å². The normalized spacial score (nSPS) is 16.8. The number of carbonyl (C=O) groups excluding carboxylic acids is 1. The smallest absolute Gasteiger partial charge is 0.275 e. The first-order valence-corrected chi connectivity index (χ1v) is 9.39. The Morgan fingerprint density at radius 3 is 2.93 bits per heavy atom. The number of aryl methyl sites for hydroxylation is 1. The third-order valence-electron chi connectivity index (χ3n) is 4.98. The summed E-state index contributed by atoms with van der Waals surface area (Å²) >= 11 is 0. The van der Waals surface area contributed by atoms with Crippen molar-refractivity contribution in [1.29, 1.82) is 0 Å². The van der Waals surface area contributed by atoms with E-state index in [0.29, 0.717) is 11.5 Å². The van der Waals surface area contributed by atoms with E-state index >= 15 is 0 Å². The van der Waals surface area contributed by atoms with Gasteiger partial charge in [0.05, 0.1) is 23.6 Å². The van der Waals surface area contributed by atoms with Gasteiger partial charge in [0, 0.05) is 25.1 Å². The van der Waals surface area contributed by atoms with Gasteiger partial charge in [0.2, 0.25) is 0 Å². The Labute approximate surface area is 163 Å². The zero-order chi connectivity index (χ0) is 19.3. The van der Waals surface area contributed by atoms with Gasteiger partial charge in [-0.25, -0.2) is 9.97 Å². The molecule has 7 heteroatoms. The van der Waals surface area contributed by atoms with Crippen LogP contribution in [0.25, 0.3) is 0 Å². The highest BCUT2D eigenvalue weighted by Gasteiger charge is 2.28. The number of likely N-dealkylation sites (tertiary alicyclic amines) is 1. The number of anilines is 1. The summed E-state index contributed by atoms with van der Waals surface area (Å²) in [6, 6.07) is 9.83. The van der Waals surface area contributed by atoms with Gasteiger partial charge in [0.15, 0.2) is 5.82 Å². The molecule has 4 heterocycles. The molecule has 0 aliphatic carbocycles. The van der Waals surface area contributed by atoms with Crippen LogP contribution in [-0.2, 0) is 6.54 Å². The molecule has 4 rings (SSSR count). The van der Waals surface area contributed by atoms with Crippen molar-refractivity contribution in [2.45, 2.75) is 32.4 Å². The van der Waals surface area contributed by atoms with Crippen molar-refractivity contribution in [1.82, 2.24) is 24.8 Å². The lowest BCUT2D eigenvalue weighted by Crippen LogP contribution is -2.25. The average Bonchev–Trinajstić information content (AvgIpc) is 3.19. The zero-order valence-electron chi connectivity index (χ0n) is 15.7. The van der Waals surface area contributed by atoms with Crippen molar-refractivity contribution < 1.29 is 4.79 Å². The van der Waals surface area contributed by atoms with E-state index in [0.717, 1.165) is 37.3 Å². The van der Waals surface area contributed by atoms with Crippen LogP contribution in [0.1, 0.15) is 46.3 Å². The molecule has 1 N–H and O–H groups in total. The van der Waals surface area contributed by atoms with Crippen molar-refractivity contribution in [3.8, 4) is 0 Å². The maximum Gasteiger partial charge on any atom is 0.275 e. The minimum atomic E-state index is -0.285. The lowest BCUT2D eigenvalue weighted by molar-refractivity contribution is 0.102. The van der Waals surface area contributed by atoms with E-state index < -0.39 is 0 Å². The molecule has 0 radical (unpaired) electrons. The van der Waals surface area contributed by atoms with E-state index in [1.165, 1.54) is 18.0 Å². The molecule has 0 saturated carbocycles. The lowest BCUT2D eigenvalue weighted by Gasteiger charge is -2.24. The van der Waals surface area contributed by atoms with Crippen LogP contribution in [0, 0.1) is 6.92 Å². The topological polar surface area (TPSA) is 83.9 Å². The molecule has 0 bridgehead atoms. The molecule has 1 aliphatic rings. The number of hydrogen-bond acceptors (Lipinski definition) is 6. The molecule has 28 heavy (non-hydrogen) atoms. The molecule has 0 aromatic carbocycles. The Balaban J connectivity index is 1.51. The van der Waals surface area contributed by atoms with Crippen LogP contribution >= 0.6 is 0 Å². The third kappa shape index (κ3) is 4.04. The molecule has 1 amide bonds. The second kappa shape index (κ2) is 8.22. The predicted octanol–water partition coefficient (Wildman–Crippen LogP) is 3.16. The zero-order valence-corrected chi connectivity index (χ0v) is 15.7. The predicted molar refractivity (Wildman–Crippen MR) is 106 cm³/mol. The molecule has 3 aromatic rings. The molecular weight excluding hydrogens is 352 g/mol. The Hall–Kier alpha value is -3.19. The lowest BCUT2D eigenvalue weighted by atomic mass is 10.1. The fraction of sp³-hybridized carbons (Fsp3) is 0.286. The number of rotatable bonds is 5. The SMILES string of the molecule is Cc1cccnc1CN1CCC[C@@H]1c1cccc(C(=O)Nc2cnccn2)n1. The fourth-order valence-corrected chi connectivity index (χ4v) is 3.53.